The van der Waals surface area contributed by atoms with Crippen LogP contribution in [0.25, 0.3) is 0 Å². The molecule has 0 aliphatic carbocycles. The van der Waals surface area contributed by atoms with E-state index in [0.717, 1.165) is 30.8 Å². The second kappa shape index (κ2) is 14.2. The topological polar surface area (TPSA) is 78.4 Å². The number of benzene rings is 1. The lowest BCUT2D eigenvalue weighted by Gasteiger charge is -2.19. The van der Waals surface area contributed by atoms with Crippen molar-refractivity contribution in [3.63, 3.8) is 0 Å². The summed E-state index contributed by atoms with van der Waals surface area (Å²) in [5.74, 6) is 1.49. The van der Waals surface area contributed by atoms with Gasteiger partial charge >= 0.3 is 0 Å². The molecule has 0 fully saturated rings. The Morgan fingerprint density at radius 1 is 1.14 bits per heavy atom. The number of aliphatic imine (C=N–C) groups is 1. The van der Waals surface area contributed by atoms with E-state index in [1.807, 2.05) is 52.0 Å². The zero-order chi connectivity index (χ0) is 21.6. The minimum atomic E-state index is -0.636. The van der Waals surface area contributed by atoms with Gasteiger partial charge in [-0.3, -0.25) is 4.99 Å². The van der Waals surface area contributed by atoms with Crippen molar-refractivity contribution in [2.45, 2.75) is 52.4 Å². The number of nitrogens with one attached hydrogen (secondary N) is 2. The van der Waals surface area contributed by atoms with E-state index in [1.54, 1.807) is 0 Å². The molecule has 0 spiro atoms. The molecule has 166 valence electrons. The molecule has 0 saturated heterocycles. The largest absolute Gasteiger partial charge is 0.491 e. The predicted octanol–water partition coefficient (Wildman–Crippen LogP) is 2.42. The maximum atomic E-state index is 10.5. The Kier molecular flexibility index (Phi) is 12.3. The van der Waals surface area contributed by atoms with Gasteiger partial charge in [0.25, 0.3) is 0 Å². The van der Waals surface area contributed by atoms with Gasteiger partial charge in [0.15, 0.2) is 5.96 Å². The molecule has 0 aromatic heterocycles. The molecule has 7 heteroatoms. The molecule has 0 bridgehead atoms. The van der Waals surface area contributed by atoms with Crippen molar-refractivity contribution in [1.82, 2.24) is 15.5 Å². The Bertz CT molecular complexity index is 576. The lowest BCUT2D eigenvalue weighted by atomic mass is 10.1. The van der Waals surface area contributed by atoms with Crippen molar-refractivity contribution in [3.05, 3.63) is 29.8 Å². The Morgan fingerprint density at radius 3 is 2.38 bits per heavy atom. The van der Waals surface area contributed by atoms with Gasteiger partial charge in [0.2, 0.25) is 0 Å². The van der Waals surface area contributed by atoms with Crippen LogP contribution in [0, 0.1) is 0 Å². The van der Waals surface area contributed by atoms with Gasteiger partial charge in [-0.1, -0.05) is 12.1 Å². The summed E-state index contributed by atoms with van der Waals surface area (Å²) in [5, 5.41) is 16.9. The molecule has 2 atom stereocenters. The molecule has 29 heavy (non-hydrogen) atoms. The molecule has 0 aliphatic rings. The highest BCUT2D eigenvalue weighted by atomic mass is 16.5. The van der Waals surface area contributed by atoms with Crippen molar-refractivity contribution in [2.75, 3.05) is 46.9 Å². The Labute approximate surface area is 176 Å². The van der Waals surface area contributed by atoms with Gasteiger partial charge in [0, 0.05) is 26.2 Å². The minimum absolute atomic E-state index is 0.0799. The summed E-state index contributed by atoms with van der Waals surface area (Å²) in [6, 6.07) is 7.55. The second-order valence-electron chi connectivity index (χ2n) is 7.52. The summed E-state index contributed by atoms with van der Waals surface area (Å²) in [4.78, 5) is 6.79. The van der Waals surface area contributed by atoms with E-state index in [-0.39, 0.29) is 12.2 Å². The van der Waals surface area contributed by atoms with Crippen LogP contribution >= 0.6 is 0 Å². The third-order valence-electron chi connectivity index (χ3n) is 4.20. The fraction of sp³-hybridized carbons (Fsp3) is 0.682. The summed E-state index contributed by atoms with van der Waals surface area (Å²) in [5.41, 5.74) is 0.836. The number of hydrogen-bond donors (Lipinski definition) is 3. The molecular formula is C22H40N4O3. The fourth-order valence-electron chi connectivity index (χ4n) is 2.75. The van der Waals surface area contributed by atoms with Gasteiger partial charge in [-0.15, -0.1) is 0 Å². The first-order valence-corrected chi connectivity index (χ1v) is 10.6. The van der Waals surface area contributed by atoms with Gasteiger partial charge in [-0.25, -0.2) is 0 Å². The number of nitrogens with zero attached hydrogens (tertiary/aromatic N) is 2. The standard InChI is InChI=1S/C22H40N4O3/c1-7-23-22(24-15-20(28-8-2)13-14-26(5)6)25-16-21(27)18-9-11-19(12-10-18)29-17(3)4/h9-12,17,20-21,27H,7-8,13-16H2,1-6H3,(H2,23,24,25). The number of guanidine groups is 1. The number of hydrogen-bond acceptors (Lipinski definition) is 5. The molecule has 0 heterocycles. The van der Waals surface area contributed by atoms with Gasteiger partial charge in [0.1, 0.15) is 5.75 Å². The van der Waals surface area contributed by atoms with Crippen molar-refractivity contribution in [2.24, 2.45) is 4.99 Å². The average Bonchev–Trinajstić information content (AvgIpc) is 2.67. The third-order valence-corrected chi connectivity index (χ3v) is 4.20. The first kappa shape index (κ1) is 25.2. The van der Waals surface area contributed by atoms with Crippen molar-refractivity contribution in [1.29, 1.82) is 0 Å². The van der Waals surface area contributed by atoms with Crippen LogP contribution in [0.4, 0.5) is 0 Å². The number of rotatable bonds is 13. The van der Waals surface area contributed by atoms with Crippen LogP contribution in [0.3, 0.4) is 0 Å². The Hall–Kier alpha value is -1.83. The van der Waals surface area contributed by atoms with Crippen molar-refractivity contribution in [3.8, 4) is 5.75 Å². The molecule has 0 radical (unpaired) electrons. The van der Waals surface area contributed by atoms with Crippen molar-refractivity contribution >= 4 is 5.96 Å². The lowest BCUT2D eigenvalue weighted by Crippen LogP contribution is -2.40. The SMILES string of the molecule is CCNC(=NCC(CCN(C)C)OCC)NCC(O)c1ccc(OC(C)C)cc1. The smallest absolute Gasteiger partial charge is 0.191 e. The minimum Gasteiger partial charge on any atom is -0.491 e. The van der Waals surface area contributed by atoms with Gasteiger partial charge in [-0.2, -0.15) is 0 Å². The van der Waals surface area contributed by atoms with E-state index in [0.29, 0.717) is 25.7 Å². The van der Waals surface area contributed by atoms with Crippen LogP contribution < -0.4 is 15.4 Å². The van der Waals surface area contributed by atoms with E-state index in [9.17, 15) is 5.11 Å². The van der Waals surface area contributed by atoms with E-state index < -0.39 is 6.10 Å². The highest BCUT2D eigenvalue weighted by molar-refractivity contribution is 5.79. The van der Waals surface area contributed by atoms with Crippen LogP contribution in [-0.2, 0) is 4.74 Å². The number of aliphatic hydroxyl groups is 1. The van der Waals surface area contributed by atoms with Crippen molar-refractivity contribution < 1.29 is 14.6 Å². The highest BCUT2D eigenvalue weighted by Crippen LogP contribution is 2.18. The summed E-state index contributed by atoms with van der Waals surface area (Å²) in [6.45, 7) is 11.3. The van der Waals surface area contributed by atoms with Crippen LogP contribution in [0.1, 0.15) is 45.8 Å². The molecule has 1 aromatic carbocycles. The summed E-state index contributed by atoms with van der Waals surface area (Å²) in [6.07, 6.45) is 0.501. The van der Waals surface area contributed by atoms with Gasteiger partial charge in [0.05, 0.1) is 24.9 Å². The molecule has 3 N–H and O–H groups in total. The fourth-order valence-corrected chi connectivity index (χ4v) is 2.75. The summed E-state index contributed by atoms with van der Waals surface area (Å²) >= 11 is 0. The van der Waals surface area contributed by atoms with Crippen LogP contribution in [0.5, 0.6) is 5.75 Å². The zero-order valence-electron chi connectivity index (χ0n) is 18.9. The highest BCUT2D eigenvalue weighted by Gasteiger charge is 2.11. The number of ether oxygens (including phenoxy) is 2. The van der Waals surface area contributed by atoms with Gasteiger partial charge < -0.3 is 30.1 Å². The van der Waals surface area contributed by atoms with E-state index in [1.165, 1.54) is 0 Å². The number of aliphatic hydroxyl groups excluding tert-OH is 1. The first-order valence-electron chi connectivity index (χ1n) is 10.6. The Morgan fingerprint density at radius 2 is 1.83 bits per heavy atom. The normalized spacial score (nSPS) is 14.2. The monoisotopic (exact) mass is 408 g/mol. The molecule has 1 aromatic rings. The van der Waals surface area contributed by atoms with Crippen LogP contribution in [0.2, 0.25) is 0 Å². The summed E-state index contributed by atoms with van der Waals surface area (Å²) in [7, 11) is 4.11. The van der Waals surface area contributed by atoms with Crippen LogP contribution in [0.15, 0.2) is 29.3 Å². The molecular weight excluding hydrogens is 368 g/mol. The second-order valence-corrected chi connectivity index (χ2v) is 7.52. The molecule has 1 rings (SSSR count). The molecule has 0 saturated carbocycles. The average molecular weight is 409 g/mol. The summed E-state index contributed by atoms with van der Waals surface area (Å²) < 4.78 is 11.5. The van der Waals surface area contributed by atoms with E-state index in [4.69, 9.17) is 9.47 Å². The molecule has 7 nitrogen and oxygen atoms in total. The maximum absolute atomic E-state index is 10.5. The van der Waals surface area contributed by atoms with E-state index in [2.05, 4.69) is 34.6 Å². The van der Waals surface area contributed by atoms with Crippen LogP contribution in [-0.4, -0.2) is 75.1 Å². The quantitative estimate of drug-likeness (QED) is 0.344. The zero-order valence-corrected chi connectivity index (χ0v) is 18.9. The van der Waals surface area contributed by atoms with E-state index >= 15 is 0 Å². The molecule has 0 aliphatic heterocycles. The van der Waals surface area contributed by atoms with Gasteiger partial charge in [-0.05, 0) is 65.9 Å². The predicted molar refractivity (Wildman–Crippen MR) is 120 cm³/mol. The molecule has 0 amide bonds. The Balaban J connectivity index is 2.61. The lowest BCUT2D eigenvalue weighted by molar-refractivity contribution is 0.0582. The third kappa shape index (κ3) is 11.1. The first-order chi connectivity index (χ1) is 13.8. The maximum Gasteiger partial charge on any atom is 0.191 e. The molecule has 2 unspecified atom stereocenters.